The van der Waals surface area contributed by atoms with Crippen LogP contribution in [0.4, 0.5) is 13.2 Å². The zero-order chi connectivity index (χ0) is 15.3. The van der Waals surface area contributed by atoms with E-state index in [4.69, 9.17) is 10.5 Å². The van der Waals surface area contributed by atoms with E-state index in [1.807, 2.05) is 13.8 Å². The normalized spacial score (nSPS) is 13.2. The third-order valence-electron chi connectivity index (χ3n) is 3.05. The van der Waals surface area contributed by atoms with Crippen molar-refractivity contribution in [3.8, 4) is 0 Å². The summed E-state index contributed by atoms with van der Waals surface area (Å²) in [5, 5.41) is 0. The van der Waals surface area contributed by atoms with Crippen molar-refractivity contribution in [3.63, 3.8) is 0 Å². The Morgan fingerprint density at radius 2 is 1.75 bits per heavy atom. The first-order valence-corrected chi connectivity index (χ1v) is 6.53. The first-order chi connectivity index (χ1) is 9.36. The van der Waals surface area contributed by atoms with Gasteiger partial charge in [0.15, 0.2) is 11.6 Å². The number of halogens is 3. The molecule has 0 saturated heterocycles. The van der Waals surface area contributed by atoms with Gasteiger partial charge in [-0.1, -0.05) is 0 Å². The van der Waals surface area contributed by atoms with E-state index >= 15 is 0 Å². The number of hydrogen-bond donors (Lipinski definition) is 1. The molecular weight excluding hydrogens is 269 g/mol. The third kappa shape index (κ3) is 4.47. The van der Waals surface area contributed by atoms with Crippen LogP contribution in [0.5, 0.6) is 0 Å². The molecule has 0 spiro atoms. The highest BCUT2D eigenvalue weighted by molar-refractivity contribution is 5.23. The van der Waals surface area contributed by atoms with Gasteiger partial charge in [0, 0.05) is 30.8 Å². The van der Waals surface area contributed by atoms with Gasteiger partial charge in [-0.25, -0.2) is 13.2 Å². The Morgan fingerprint density at radius 1 is 1.15 bits per heavy atom. The van der Waals surface area contributed by atoms with Gasteiger partial charge in [0.2, 0.25) is 0 Å². The molecule has 0 saturated carbocycles. The van der Waals surface area contributed by atoms with Gasteiger partial charge in [0.25, 0.3) is 0 Å². The van der Waals surface area contributed by atoms with Gasteiger partial charge in [-0.15, -0.1) is 0 Å². The SMILES string of the molecule is CC(C)OCCN(C)C(CN)c1cc(F)c(F)cc1F. The second-order valence-corrected chi connectivity index (χ2v) is 4.94. The van der Waals surface area contributed by atoms with E-state index in [1.54, 1.807) is 11.9 Å². The van der Waals surface area contributed by atoms with Crippen LogP contribution < -0.4 is 5.73 Å². The van der Waals surface area contributed by atoms with E-state index in [9.17, 15) is 13.2 Å². The zero-order valence-electron chi connectivity index (χ0n) is 12.0. The molecule has 0 heterocycles. The topological polar surface area (TPSA) is 38.5 Å². The molecule has 0 bridgehead atoms. The molecule has 114 valence electrons. The van der Waals surface area contributed by atoms with Crippen molar-refractivity contribution in [1.82, 2.24) is 4.90 Å². The molecule has 1 aromatic carbocycles. The monoisotopic (exact) mass is 290 g/mol. The van der Waals surface area contributed by atoms with Crippen LogP contribution in [-0.2, 0) is 4.74 Å². The Bertz CT molecular complexity index is 441. The Morgan fingerprint density at radius 3 is 2.30 bits per heavy atom. The molecule has 2 N–H and O–H groups in total. The molecule has 0 aliphatic rings. The van der Waals surface area contributed by atoms with Crippen molar-refractivity contribution in [2.75, 3.05) is 26.7 Å². The molecule has 1 atom stereocenters. The number of rotatable bonds is 7. The summed E-state index contributed by atoms with van der Waals surface area (Å²) in [7, 11) is 1.74. The van der Waals surface area contributed by atoms with Crippen LogP contribution in [0.25, 0.3) is 0 Å². The maximum atomic E-state index is 13.8. The molecule has 0 aromatic heterocycles. The molecule has 6 heteroatoms. The molecule has 1 aromatic rings. The van der Waals surface area contributed by atoms with E-state index in [-0.39, 0.29) is 18.2 Å². The largest absolute Gasteiger partial charge is 0.377 e. The number of nitrogens with zero attached hydrogens (tertiary/aromatic N) is 1. The third-order valence-corrected chi connectivity index (χ3v) is 3.05. The maximum absolute atomic E-state index is 13.8. The van der Waals surface area contributed by atoms with Crippen molar-refractivity contribution in [1.29, 1.82) is 0 Å². The van der Waals surface area contributed by atoms with Gasteiger partial charge in [0.1, 0.15) is 5.82 Å². The number of likely N-dealkylation sites (N-methyl/N-ethyl adjacent to an activating group) is 1. The number of hydrogen-bond acceptors (Lipinski definition) is 3. The Hall–Kier alpha value is -1.11. The van der Waals surface area contributed by atoms with Crippen LogP contribution in [0, 0.1) is 17.5 Å². The summed E-state index contributed by atoms with van der Waals surface area (Å²) in [6, 6.07) is 0.884. The van der Waals surface area contributed by atoms with Crippen LogP contribution >= 0.6 is 0 Å². The second-order valence-electron chi connectivity index (χ2n) is 4.94. The van der Waals surface area contributed by atoms with Crippen molar-refractivity contribution in [2.24, 2.45) is 5.73 Å². The van der Waals surface area contributed by atoms with E-state index < -0.39 is 23.5 Å². The number of ether oxygens (including phenoxy) is 1. The molecule has 1 unspecified atom stereocenters. The van der Waals surface area contributed by atoms with Crippen molar-refractivity contribution in [3.05, 3.63) is 35.1 Å². The first kappa shape index (κ1) is 16.9. The summed E-state index contributed by atoms with van der Waals surface area (Å²) in [6.07, 6.45) is 0.0970. The average molecular weight is 290 g/mol. The summed E-state index contributed by atoms with van der Waals surface area (Å²) < 4.78 is 45.4. The zero-order valence-corrected chi connectivity index (χ0v) is 12.0. The highest BCUT2D eigenvalue weighted by atomic mass is 19.2. The van der Waals surface area contributed by atoms with E-state index in [2.05, 4.69) is 0 Å². The second kappa shape index (κ2) is 7.61. The van der Waals surface area contributed by atoms with E-state index in [1.165, 1.54) is 0 Å². The lowest BCUT2D eigenvalue weighted by Gasteiger charge is -2.28. The summed E-state index contributed by atoms with van der Waals surface area (Å²) in [4.78, 5) is 1.76. The molecule has 0 fully saturated rings. The van der Waals surface area contributed by atoms with Crippen LogP contribution in [0.2, 0.25) is 0 Å². The molecule has 20 heavy (non-hydrogen) atoms. The summed E-state index contributed by atoms with van der Waals surface area (Å²) in [5.74, 6) is -3.07. The smallest absolute Gasteiger partial charge is 0.161 e. The lowest BCUT2D eigenvalue weighted by Crippen LogP contribution is -2.34. The molecule has 0 amide bonds. The minimum Gasteiger partial charge on any atom is -0.377 e. The van der Waals surface area contributed by atoms with Crippen molar-refractivity contribution >= 4 is 0 Å². The van der Waals surface area contributed by atoms with E-state index in [0.29, 0.717) is 19.2 Å². The Kier molecular flexibility index (Phi) is 6.45. The molecular formula is C14H21F3N2O. The van der Waals surface area contributed by atoms with Crippen LogP contribution in [0.15, 0.2) is 12.1 Å². The molecule has 1 rings (SSSR count). The van der Waals surface area contributed by atoms with Gasteiger partial charge < -0.3 is 10.5 Å². The lowest BCUT2D eigenvalue weighted by molar-refractivity contribution is 0.0560. The minimum atomic E-state index is -1.20. The van der Waals surface area contributed by atoms with E-state index in [0.717, 1.165) is 6.07 Å². The Balaban J connectivity index is 2.82. The summed E-state index contributed by atoms with van der Waals surface area (Å²) in [5.41, 5.74) is 5.68. The van der Waals surface area contributed by atoms with Crippen molar-refractivity contribution in [2.45, 2.75) is 26.0 Å². The first-order valence-electron chi connectivity index (χ1n) is 6.53. The maximum Gasteiger partial charge on any atom is 0.161 e. The fourth-order valence-corrected chi connectivity index (χ4v) is 1.93. The molecule has 0 radical (unpaired) electrons. The predicted octanol–water partition coefficient (Wildman–Crippen LogP) is 2.46. The average Bonchev–Trinajstić information content (AvgIpc) is 2.36. The highest BCUT2D eigenvalue weighted by Gasteiger charge is 2.21. The quantitative estimate of drug-likeness (QED) is 0.784. The highest BCUT2D eigenvalue weighted by Crippen LogP contribution is 2.23. The predicted molar refractivity (Wildman–Crippen MR) is 71.8 cm³/mol. The van der Waals surface area contributed by atoms with Gasteiger partial charge in [-0.05, 0) is 27.0 Å². The van der Waals surface area contributed by atoms with Crippen LogP contribution in [0.3, 0.4) is 0 Å². The van der Waals surface area contributed by atoms with Crippen LogP contribution in [0.1, 0.15) is 25.5 Å². The van der Waals surface area contributed by atoms with Gasteiger partial charge in [0.05, 0.1) is 12.7 Å². The minimum absolute atomic E-state index is 0.0541. The van der Waals surface area contributed by atoms with Crippen molar-refractivity contribution < 1.29 is 17.9 Å². The number of benzene rings is 1. The standard InChI is InChI=1S/C14H21F3N2O/c1-9(2)20-5-4-19(3)14(8-18)10-6-12(16)13(17)7-11(10)15/h6-7,9,14H,4-5,8,18H2,1-3H3. The molecule has 0 aliphatic heterocycles. The Labute approximate surface area is 117 Å². The van der Waals surface area contributed by atoms with Gasteiger partial charge in [-0.2, -0.15) is 0 Å². The summed E-state index contributed by atoms with van der Waals surface area (Å²) in [6.45, 7) is 4.89. The lowest BCUT2D eigenvalue weighted by atomic mass is 10.0. The molecule has 0 aliphatic carbocycles. The summed E-state index contributed by atoms with van der Waals surface area (Å²) >= 11 is 0. The van der Waals surface area contributed by atoms with Gasteiger partial charge in [-0.3, -0.25) is 4.90 Å². The number of nitrogens with two attached hydrogens (primary N) is 1. The molecule has 3 nitrogen and oxygen atoms in total. The van der Waals surface area contributed by atoms with Crippen LogP contribution in [-0.4, -0.2) is 37.7 Å². The fourth-order valence-electron chi connectivity index (χ4n) is 1.93. The fraction of sp³-hybridized carbons (Fsp3) is 0.571. The van der Waals surface area contributed by atoms with Gasteiger partial charge >= 0.3 is 0 Å².